The van der Waals surface area contributed by atoms with Gasteiger partial charge in [-0.3, -0.25) is 0 Å². The normalized spacial score (nSPS) is 10.7. The van der Waals surface area contributed by atoms with E-state index in [2.05, 4.69) is 4.98 Å². The Bertz CT molecular complexity index is 476. The van der Waals surface area contributed by atoms with E-state index in [9.17, 15) is 0 Å². The predicted molar refractivity (Wildman–Crippen MR) is 69.3 cm³/mol. The third-order valence-corrected chi connectivity index (χ3v) is 3.53. The van der Waals surface area contributed by atoms with Crippen molar-refractivity contribution in [2.75, 3.05) is 0 Å². The Kier molecular flexibility index (Phi) is 3.82. The molecule has 1 heterocycles. The minimum atomic E-state index is 0.487. The van der Waals surface area contributed by atoms with Gasteiger partial charge < -0.3 is 5.73 Å². The van der Waals surface area contributed by atoms with Gasteiger partial charge in [0.15, 0.2) is 0 Å². The summed E-state index contributed by atoms with van der Waals surface area (Å²) in [6.07, 6.45) is 2.64. The van der Waals surface area contributed by atoms with Crippen LogP contribution < -0.4 is 5.73 Å². The highest BCUT2D eigenvalue weighted by atomic mass is 35.5. The molecule has 16 heavy (non-hydrogen) atoms. The molecule has 0 aliphatic carbocycles. The van der Waals surface area contributed by atoms with E-state index in [-0.39, 0.29) is 0 Å². The second-order valence-electron chi connectivity index (χ2n) is 3.38. The molecule has 0 atom stereocenters. The van der Waals surface area contributed by atoms with E-state index in [1.807, 2.05) is 18.3 Å². The van der Waals surface area contributed by atoms with Crippen LogP contribution in [0.15, 0.2) is 24.4 Å². The first kappa shape index (κ1) is 11.9. The van der Waals surface area contributed by atoms with Crippen LogP contribution in [0.1, 0.15) is 15.4 Å². The molecule has 0 radical (unpaired) electrons. The highest BCUT2D eigenvalue weighted by molar-refractivity contribution is 7.11. The van der Waals surface area contributed by atoms with Crippen LogP contribution in [0.5, 0.6) is 0 Å². The van der Waals surface area contributed by atoms with Crippen LogP contribution in [0, 0.1) is 0 Å². The van der Waals surface area contributed by atoms with Crippen molar-refractivity contribution in [3.63, 3.8) is 0 Å². The van der Waals surface area contributed by atoms with Gasteiger partial charge in [-0.25, -0.2) is 4.98 Å². The predicted octanol–water partition coefficient (Wildman–Crippen LogP) is 3.50. The molecule has 0 unspecified atom stereocenters. The summed E-state index contributed by atoms with van der Waals surface area (Å²) in [4.78, 5) is 5.37. The van der Waals surface area contributed by atoms with Crippen molar-refractivity contribution < 1.29 is 0 Å². The average molecular weight is 273 g/mol. The van der Waals surface area contributed by atoms with Crippen molar-refractivity contribution in [2.45, 2.75) is 13.0 Å². The van der Waals surface area contributed by atoms with E-state index in [1.54, 1.807) is 17.4 Å². The third kappa shape index (κ3) is 2.95. The fourth-order valence-electron chi connectivity index (χ4n) is 1.44. The Hall–Kier alpha value is -0.610. The van der Waals surface area contributed by atoms with Gasteiger partial charge in [0, 0.05) is 34.1 Å². The molecule has 0 spiro atoms. The summed E-state index contributed by atoms with van der Waals surface area (Å²) in [7, 11) is 0. The first-order chi connectivity index (χ1) is 7.67. The average Bonchev–Trinajstić information content (AvgIpc) is 2.64. The maximum Gasteiger partial charge on any atom is 0.106 e. The number of nitrogens with two attached hydrogens (primary N) is 1. The molecule has 1 aromatic heterocycles. The number of hydrogen-bond acceptors (Lipinski definition) is 3. The van der Waals surface area contributed by atoms with Crippen LogP contribution in [-0.4, -0.2) is 4.98 Å². The second-order valence-corrected chi connectivity index (χ2v) is 5.45. The molecule has 0 amide bonds. The number of rotatable bonds is 3. The van der Waals surface area contributed by atoms with E-state index < -0.39 is 0 Å². The van der Waals surface area contributed by atoms with Gasteiger partial charge in [0.25, 0.3) is 0 Å². The third-order valence-electron chi connectivity index (χ3n) is 2.08. The molecule has 2 aromatic rings. The van der Waals surface area contributed by atoms with Gasteiger partial charge in [-0.2, -0.15) is 0 Å². The maximum absolute atomic E-state index is 5.93. The first-order valence-electron chi connectivity index (χ1n) is 4.76. The summed E-state index contributed by atoms with van der Waals surface area (Å²) < 4.78 is 0. The zero-order valence-corrected chi connectivity index (χ0v) is 10.7. The lowest BCUT2D eigenvalue weighted by Gasteiger charge is -2.00. The Labute approximate surface area is 108 Å². The van der Waals surface area contributed by atoms with Gasteiger partial charge >= 0.3 is 0 Å². The van der Waals surface area contributed by atoms with Gasteiger partial charge in [-0.05, 0) is 23.8 Å². The largest absolute Gasteiger partial charge is 0.325 e. The number of nitrogens with zero attached hydrogens (tertiary/aromatic N) is 1. The van der Waals surface area contributed by atoms with Crippen molar-refractivity contribution in [2.24, 2.45) is 5.73 Å². The van der Waals surface area contributed by atoms with E-state index in [0.717, 1.165) is 17.0 Å². The molecule has 84 valence electrons. The fourth-order valence-corrected chi connectivity index (χ4v) is 2.85. The minimum absolute atomic E-state index is 0.487. The topological polar surface area (TPSA) is 38.9 Å². The van der Waals surface area contributed by atoms with Crippen LogP contribution in [0.4, 0.5) is 0 Å². The van der Waals surface area contributed by atoms with E-state index in [1.165, 1.54) is 4.88 Å². The summed E-state index contributed by atoms with van der Waals surface area (Å²) in [6.45, 7) is 0.487. The van der Waals surface area contributed by atoms with Crippen molar-refractivity contribution in [3.05, 3.63) is 49.9 Å². The molecular weight excluding hydrogens is 263 g/mol. The van der Waals surface area contributed by atoms with E-state index in [4.69, 9.17) is 28.9 Å². The Morgan fingerprint density at radius 1 is 1.19 bits per heavy atom. The van der Waals surface area contributed by atoms with E-state index >= 15 is 0 Å². The molecule has 0 aliphatic heterocycles. The monoisotopic (exact) mass is 272 g/mol. The quantitative estimate of drug-likeness (QED) is 0.929. The van der Waals surface area contributed by atoms with Gasteiger partial charge in [0.2, 0.25) is 0 Å². The zero-order chi connectivity index (χ0) is 11.5. The summed E-state index contributed by atoms with van der Waals surface area (Å²) in [6, 6.07) is 5.55. The molecule has 1 aromatic carbocycles. The van der Waals surface area contributed by atoms with Crippen LogP contribution in [0.25, 0.3) is 0 Å². The van der Waals surface area contributed by atoms with Crippen molar-refractivity contribution in [1.29, 1.82) is 0 Å². The fraction of sp³-hybridized carbons (Fsp3) is 0.182. The van der Waals surface area contributed by atoms with Crippen LogP contribution in [0.2, 0.25) is 10.0 Å². The Morgan fingerprint density at radius 2 is 1.88 bits per heavy atom. The molecule has 2 rings (SSSR count). The molecular formula is C11H10Cl2N2S. The van der Waals surface area contributed by atoms with Gasteiger partial charge in [0.1, 0.15) is 5.01 Å². The summed E-state index contributed by atoms with van der Waals surface area (Å²) >= 11 is 13.5. The van der Waals surface area contributed by atoms with E-state index in [0.29, 0.717) is 16.6 Å². The Morgan fingerprint density at radius 3 is 2.44 bits per heavy atom. The lowest BCUT2D eigenvalue weighted by Crippen LogP contribution is -1.93. The minimum Gasteiger partial charge on any atom is -0.325 e. The smallest absolute Gasteiger partial charge is 0.106 e. The number of aromatic nitrogens is 1. The van der Waals surface area contributed by atoms with Crippen LogP contribution in [0.3, 0.4) is 0 Å². The van der Waals surface area contributed by atoms with Crippen LogP contribution in [-0.2, 0) is 13.0 Å². The number of thiazole rings is 1. The molecule has 2 nitrogen and oxygen atoms in total. The molecule has 0 aliphatic rings. The molecule has 0 bridgehead atoms. The van der Waals surface area contributed by atoms with Crippen molar-refractivity contribution >= 4 is 34.5 Å². The lowest BCUT2D eigenvalue weighted by atomic mass is 10.1. The molecule has 5 heteroatoms. The van der Waals surface area contributed by atoms with Crippen molar-refractivity contribution in [3.8, 4) is 0 Å². The molecule has 0 fully saturated rings. The lowest BCUT2D eigenvalue weighted by molar-refractivity contribution is 1.04. The highest BCUT2D eigenvalue weighted by Gasteiger charge is 2.03. The maximum atomic E-state index is 5.93. The highest BCUT2D eigenvalue weighted by Crippen LogP contribution is 2.23. The first-order valence-corrected chi connectivity index (χ1v) is 6.33. The molecule has 2 N–H and O–H groups in total. The summed E-state index contributed by atoms with van der Waals surface area (Å²) in [5.41, 5.74) is 6.60. The number of halogens is 2. The summed E-state index contributed by atoms with van der Waals surface area (Å²) in [5, 5.41) is 2.26. The van der Waals surface area contributed by atoms with Crippen LogP contribution >= 0.6 is 34.5 Å². The van der Waals surface area contributed by atoms with Gasteiger partial charge in [0.05, 0.1) is 0 Å². The zero-order valence-electron chi connectivity index (χ0n) is 8.41. The van der Waals surface area contributed by atoms with Gasteiger partial charge in [-0.15, -0.1) is 11.3 Å². The molecule has 0 saturated carbocycles. The Balaban J connectivity index is 2.19. The molecule has 0 saturated heterocycles. The summed E-state index contributed by atoms with van der Waals surface area (Å²) in [5.74, 6) is 0. The number of hydrogen-bond donors (Lipinski definition) is 1. The van der Waals surface area contributed by atoms with Gasteiger partial charge in [-0.1, -0.05) is 23.2 Å². The second kappa shape index (κ2) is 5.15. The standard InChI is InChI=1S/C11H10Cl2N2S/c12-8-1-7(2-9(13)4-8)3-10-6-15-11(5-14)16-10/h1-2,4,6H,3,5,14H2. The SMILES string of the molecule is NCc1ncc(Cc2cc(Cl)cc(Cl)c2)s1. The number of benzene rings is 1. The van der Waals surface area contributed by atoms with Crippen molar-refractivity contribution in [1.82, 2.24) is 4.98 Å².